The number of aliphatic hydroxyl groups is 1. The Morgan fingerprint density at radius 2 is 1.50 bits per heavy atom. The van der Waals surface area contributed by atoms with Gasteiger partial charge >= 0.3 is 0 Å². The van der Waals surface area contributed by atoms with Crippen molar-refractivity contribution in [3.8, 4) is 23.7 Å². The topological polar surface area (TPSA) is 92.4 Å². The summed E-state index contributed by atoms with van der Waals surface area (Å²) in [5, 5.41) is 11.9. The van der Waals surface area contributed by atoms with Crippen LogP contribution in [0, 0.1) is 23.7 Å². The molecule has 2 atom stereocenters. The van der Waals surface area contributed by atoms with Crippen molar-refractivity contribution >= 4 is 11.8 Å². The van der Waals surface area contributed by atoms with E-state index in [4.69, 9.17) is 5.73 Å². The Morgan fingerprint density at radius 1 is 0.962 bits per heavy atom. The Bertz CT molecular complexity index is 896. The van der Waals surface area contributed by atoms with E-state index in [1.807, 2.05) is 30.3 Å². The molecule has 0 aliphatic heterocycles. The number of hydrogen-bond donors (Lipinski definition) is 3. The fourth-order valence-corrected chi connectivity index (χ4v) is 2.09. The SMILES string of the molecule is CC(O)C(NC(=O)c1ccc(C#CC#Cc2ccccc2)cc1)C(N)=O. The molecule has 4 N–H and O–H groups in total. The van der Waals surface area contributed by atoms with Crippen molar-refractivity contribution in [1.29, 1.82) is 0 Å². The van der Waals surface area contributed by atoms with Crippen LogP contribution in [0.2, 0.25) is 0 Å². The number of rotatable bonds is 4. The molecule has 5 heteroatoms. The van der Waals surface area contributed by atoms with Crippen LogP contribution >= 0.6 is 0 Å². The first-order valence-corrected chi connectivity index (χ1v) is 7.93. The lowest BCUT2D eigenvalue weighted by Crippen LogP contribution is -2.50. The van der Waals surface area contributed by atoms with Crippen LogP contribution in [0.1, 0.15) is 28.4 Å². The molecule has 0 saturated carbocycles. The van der Waals surface area contributed by atoms with Gasteiger partial charge in [0.15, 0.2) is 0 Å². The van der Waals surface area contributed by atoms with E-state index in [1.165, 1.54) is 6.92 Å². The number of carbonyl (C=O) groups excluding carboxylic acids is 2. The fourth-order valence-electron chi connectivity index (χ4n) is 2.09. The summed E-state index contributed by atoms with van der Waals surface area (Å²) in [6.07, 6.45) is -1.08. The number of nitrogens with one attached hydrogen (secondary N) is 1. The molecule has 26 heavy (non-hydrogen) atoms. The van der Waals surface area contributed by atoms with Crippen LogP contribution < -0.4 is 11.1 Å². The first kappa shape index (κ1) is 18.8. The lowest BCUT2D eigenvalue weighted by Gasteiger charge is -2.17. The molecule has 0 aliphatic rings. The number of primary amides is 1. The Morgan fingerprint density at radius 3 is 2.00 bits per heavy atom. The van der Waals surface area contributed by atoms with E-state index in [9.17, 15) is 14.7 Å². The normalized spacial score (nSPS) is 11.8. The molecule has 0 aromatic heterocycles. The zero-order chi connectivity index (χ0) is 18.9. The highest BCUT2D eigenvalue weighted by molar-refractivity contribution is 5.97. The Labute approximate surface area is 152 Å². The molecule has 130 valence electrons. The van der Waals surface area contributed by atoms with Gasteiger partial charge in [0, 0.05) is 16.7 Å². The van der Waals surface area contributed by atoms with Gasteiger partial charge in [-0.15, -0.1) is 0 Å². The summed E-state index contributed by atoms with van der Waals surface area (Å²) < 4.78 is 0. The van der Waals surface area contributed by atoms with Crippen molar-refractivity contribution in [1.82, 2.24) is 5.32 Å². The lowest BCUT2D eigenvalue weighted by atomic mass is 10.1. The Kier molecular flexibility index (Phi) is 6.56. The van der Waals surface area contributed by atoms with Gasteiger partial charge in [-0.05, 0) is 55.2 Å². The van der Waals surface area contributed by atoms with Crippen LogP contribution in [0.3, 0.4) is 0 Å². The third kappa shape index (κ3) is 5.52. The van der Waals surface area contributed by atoms with Crippen molar-refractivity contribution in [2.75, 3.05) is 0 Å². The summed E-state index contributed by atoms with van der Waals surface area (Å²) >= 11 is 0. The summed E-state index contributed by atoms with van der Waals surface area (Å²) in [4.78, 5) is 23.3. The van der Waals surface area contributed by atoms with E-state index < -0.39 is 24.0 Å². The smallest absolute Gasteiger partial charge is 0.252 e. The molecule has 0 bridgehead atoms. The van der Waals surface area contributed by atoms with Gasteiger partial charge in [0.2, 0.25) is 5.91 Å². The van der Waals surface area contributed by atoms with Crippen molar-refractivity contribution < 1.29 is 14.7 Å². The van der Waals surface area contributed by atoms with Gasteiger partial charge in [0.1, 0.15) is 6.04 Å². The molecule has 0 spiro atoms. The second kappa shape index (κ2) is 9.08. The number of benzene rings is 2. The Balaban J connectivity index is 2.02. The first-order chi connectivity index (χ1) is 12.5. The maximum absolute atomic E-state index is 12.1. The minimum absolute atomic E-state index is 0.331. The molecule has 5 nitrogen and oxygen atoms in total. The summed E-state index contributed by atoms with van der Waals surface area (Å²) in [6.45, 7) is 1.38. The van der Waals surface area contributed by atoms with Gasteiger partial charge in [-0.25, -0.2) is 0 Å². The van der Waals surface area contributed by atoms with E-state index in [-0.39, 0.29) is 0 Å². The minimum atomic E-state index is -1.14. The van der Waals surface area contributed by atoms with E-state index in [1.54, 1.807) is 24.3 Å². The highest BCUT2D eigenvalue weighted by Gasteiger charge is 2.23. The Hall–Kier alpha value is -3.54. The third-order valence-electron chi connectivity index (χ3n) is 3.47. The number of amides is 2. The molecular formula is C21H18N2O3. The second-order valence-corrected chi connectivity index (χ2v) is 5.54. The molecule has 0 saturated heterocycles. The predicted molar refractivity (Wildman–Crippen MR) is 98.8 cm³/mol. The molecular weight excluding hydrogens is 328 g/mol. The lowest BCUT2D eigenvalue weighted by molar-refractivity contribution is -0.122. The second-order valence-electron chi connectivity index (χ2n) is 5.54. The molecule has 0 radical (unpaired) electrons. The van der Waals surface area contributed by atoms with E-state index in [2.05, 4.69) is 29.0 Å². The highest BCUT2D eigenvalue weighted by atomic mass is 16.3. The third-order valence-corrected chi connectivity index (χ3v) is 3.47. The zero-order valence-electron chi connectivity index (χ0n) is 14.2. The standard InChI is InChI=1S/C21H18N2O3/c1-15(24)19(20(22)25)23-21(26)18-13-11-17(12-14-18)10-6-5-9-16-7-3-2-4-8-16/h2-4,7-8,11-15,19,24H,1H3,(H2,22,25)(H,23,26). The quantitative estimate of drug-likeness (QED) is 0.723. The monoisotopic (exact) mass is 346 g/mol. The average molecular weight is 346 g/mol. The van der Waals surface area contributed by atoms with E-state index in [0.717, 1.165) is 5.56 Å². The molecule has 0 fully saturated rings. The van der Waals surface area contributed by atoms with Gasteiger partial charge in [0.05, 0.1) is 6.10 Å². The van der Waals surface area contributed by atoms with Crippen molar-refractivity contribution in [3.63, 3.8) is 0 Å². The summed E-state index contributed by atoms with van der Waals surface area (Å²) in [7, 11) is 0. The molecule has 2 aromatic rings. The number of nitrogens with two attached hydrogens (primary N) is 1. The van der Waals surface area contributed by atoms with Gasteiger partial charge in [-0.3, -0.25) is 9.59 Å². The maximum Gasteiger partial charge on any atom is 0.252 e. The first-order valence-electron chi connectivity index (χ1n) is 7.93. The van der Waals surface area contributed by atoms with E-state index in [0.29, 0.717) is 11.1 Å². The van der Waals surface area contributed by atoms with Crippen molar-refractivity contribution in [2.24, 2.45) is 5.73 Å². The number of carbonyl (C=O) groups is 2. The molecule has 0 aliphatic carbocycles. The van der Waals surface area contributed by atoms with Crippen LogP contribution in [-0.2, 0) is 4.79 Å². The summed E-state index contributed by atoms with van der Waals surface area (Å²) in [5.41, 5.74) is 7.07. The summed E-state index contributed by atoms with van der Waals surface area (Å²) in [6, 6.07) is 14.9. The van der Waals surface area contributed by atoms with Gasteiger partial charge in [-0.2, -0.15) is 0 Å². The number of aliphatic hydroxyl groups excluding tert-OH is 1. The molecule has 2 unspecified atom stereocenters. The molecule has 2 amide bonds. The van der Waals surface area contributed by atoms with Crippen LogP contribution in [0.4, 0.5) is 0 Å². The largest absolute Gasteiger partial charge is 0.391 e. The summed E-state index contributed by atoms with van der Waals surface area (Å²) in [5.74, 6) is 10.0. The van der Waals surface area contributed by atoms with Crippen molar-refractivity contribution in [2.45, 2.75) is 19.1 Å². The van der Waals surface area contributed by atoms with Crippen LogP contribution in [0.25, 0.3) is 0 Å². The van der Waals surface area contributed by atoms with Gasteiger partial charge in [0.25, 0.3) is 5.91 Å². The fraction of sp³-hybridized carbons (Fsp3) is 0.143. The van der Waals surface area contributed by atoms with Crippen LogP contribution in [-0.4, -0.2) is 29.1 Å². The van der Waals surface area contributed by atoms with Crippen LogP contribution in [0.5, 0.6) is 0 Å². The highest BCUT2D eigenvalue weighted by Crippen LogP contribution is 2.04. The maximum atomic E-state index is 12.1. The molecule has 0 heterocycles. The molecule has 2 aromatic carbocycles. The van der Waals surface area contributed by atoms with Crippen LogP contribution in [0.15, 0.2) is 54.6 Å². The average Bonchev–Trinajstić information content (AvgIpc) is 2.64. The van der Waals surface area contributed by atoms with E-state index >= 15 is 0 Å². The molecule has 2 rings (SSSR count). The van der Waals surface area contributed by atoms with Gasteiger partial charge in [-0.1, -0.05) is 30.0 Å². The minimum Gasteiger partial charge on any atom is -0.391 e. The number of hydrogen-bond acceptors (Lipinski definition) is 3. The zero-order valence-corrected chi connectivity index (χ0v) is 14.2. The van der Waals surface area contributed by atoms with Crippen molar-refractivity contribution in [3.05, 3.63) is 71.3 Å². The van der Waals surface area contributed by atoms with Gasteiger partial charge < -0.3 is 16.2 Å². The predicted octanol–water partition coefficient (Wildman–Crippen LogP) is 1.05.